The van der Waals surface area contributed by atoms with Crippen LogP contribution in [0.3, 0.4) is 0 Å². The summed E-state index contributed by atoms with van der Waals surface area (Å²) in [5.74, 6) is 0. The number of nitrogens with zero attached hydrogens (tertiary/aromatic N) is 2. The predicted octanol–water partition coefficient (Wildman–Crippen LogP) is 0.703. The Morgan fingerprint density at radius 2 is 2.12 bits per heavy atom. The van der Waals surface area contributed by atoms with Crippen LogP contribution < -0.4 is 11.2 Å². The molecule has 16 heavy (non-hydrogen) atoms. The first kappa shape index (κ1) is 13.0. The van der Waals surface area contributed by atoms with E-state index < -0.39 is 5.69 Å². The van der Waals surface area contributed by atoms with Gasteiger partial charge >= 0.3 is 5.69 Å². The molecular formula is C10H16ClN3O2. The Morgan fingerprint density at radius 1 is 1.50 bits per heavy atom. The normalized spacial score (nSPS) is 13.1. The molecule has 0 spiro atoms. The van der Waals surface area contributed by atoms with Crippen molar-refractivity contribution >= 4 is 11.6 Å². The number of nitrogens with one attached hydrogen (secondary N) is 1. The van der Waals surface area contributed by atoms with Crippen LogP contribution in [0.2, 0.25) is 5.15 Å². The van der Waals surface area contributed by atoms with Crippen molar-refractivity contribution in [3.8, 4) is 0 Å². The second kappa shape index (κ2) is 5.32. The van der Waals surface area contributed by atoms with E-state index in [0.717, 1.165) is 13.0 Å². The summed E-state index contributed by atoms with van der Waals surface area (Å²) in [6.45, 7) is 2.66. The standard InChI is InChI=1S/C10H16ClN3O2/c1-7(4-5-13(2)3)14-9(15)6-8(11)12-10(14)16/h6-7H,4-5H2,1-3H3,(H,12,16). The Kier molecular flexibility index (Phi) is 4.32. The lowest BCUT2D eigenvalue weighted by molar-refractivity contribution is 0.350. The molecule has 0 aromatic carbocycles. The van der Waals surface area contributed by atoms with Crippen molar-refractivity contribution in [1.82, 2.24) is 14.5 Å². The number of H-pyrrole nitrogens is 1. The van der Waals surface area contributed by atoms with Crippen LogP contribution in [0, 0.1) is 0 Å². The van der Waals surface area contributed by atoms with Crippen LogP contribution in [0.1, 0.15) is 19.4 Å². The molecule has 1 heterocycles. The summed E-state index contributed by atoms with van der Waals surface area (Å²) in [4.78, 5) is 27.6. The van der Waals surface area contributed by atoms with Crippen LogP contribution >= 0.6 is 11.6 Å². The second-order valence-corrected chi connectivity index (χ2v) is 4.48. The lowest BCUT2D eigenvalue weighted by Crippen LogP contribution is -2.37. The fourth-order valence-corrected chi connectivity index (χ4v) is 1.64. The molecule has 0 saturated heterocycles. The molecule has 0 amide bonds. The quantitative estimate of drug-likeness (QED) is 0.795. The minimum atomic E-state index is -0.455. The maximum Gasteiger partial charge on any atom is 0.329 e. The Morgan fingerprint density at radius 3 is 2.62 bits per heavy atom. The number of aromatic amines is 1. The number of aromatic nitrogens is 2. The van der Waals surface area contributed by atoms with Gasteiger partial charge in [-0.15, -0.1) is 0 Å². The lowest BCUT2D eigenvalue weighted by atomic mass is 10.2. The third-order valence-corrected chi connectivity index (χ3v) is 2.57. The van der Waals surface area contributed by atoms with E-state index in [0.29, 0.717) is 0 Å². The molecule has 0 aliphatic heterocycles. The van der Waals surface area contributed by atoms with Crippen molar-refractivity contribution in [2.24, 2.45) is 0 Å². The van der Waals surface area contributed by atoms with Crippen molar-refractivity contribution in [3.63, 3.8) is 0 Å². The smallest absolute Gasteiger partial charge is 0.309 e. The van der Waals surface area contributed by atoms with Gasteiger partial charge in [0, 0.05) is 12.1 Å². The molecule has 1 atom stereocenters. The van der Waals surface area contributed by atoms with Gasteiger partial charge in [-0.3, -0.25) is 14.3 Å². The largest absolute Gasteiger partial charge is 0.329 e. The Labute approximate surface area is 98.7 Å². The maximum absolute atomic E-state index is 11.6. The van der Waals surface area contributed by atoms with Gasteiger partial charge in [-0.05, 0) is 34.0 Å². The average Bonchev–Trinajstić information content (AvgIpc) is 2.12. The minimum Gasteiger partial charge on any atom is -0.309 e. The number of rotatable bonds is 4. The summed E-state index contributed by atoms with van der Waals surface area (Å²) in [5, 5.41) is 0.0751. The van der Waals surface area contributed by atoms with Gasteiger partial charge in [0.25, 0.3) is 5.56 Å². The van der Waals surface area contributed by atoms with Gasteiger partial charge in [0.05, 0.1) is 0 Å². The molecule has 6 heteroatoms. The van der Waals surface area contributed by atoms with Crippen LogP contribution in [-0.4, -0.2) is 35.1 Å². The summed E-state index contributed by atoms with van der Waals surface area (Å²) in [6, 6.07) is 1.07. The van der Waals surface area contributed by atoms with E-state index in [9.17, 15) is 9.59 Å². The molecule has 1 rings (SSSR count). The van der Waals surface area contributed by atoms with Gasteiger partial charge in [-0.2, -0.15) is 0 Å². The lowest BCUT2D eigenvalue weighted by Gasteiger charge is -2.16. The molecular weight excluding hydrogens is 230 g/mol. The van der Waals surface area contributed by atoms with E-state index in [2.05, 4.69) is 4.98 Å². The summed E-state index contributed by atoms with van der Waals surface area (Å²) >= 11 is 5.58. The fourth-order valence-electron chi connectivity index (χ4n) is 1.47. The molecule has 0 aliphatic rings. The van der Waals surface area contributed by atoms with Crippen molar-refractivity contribution in [3.05, 3.63) is 32.1 Å². The van der Waals surface area contributed by atoms with Gasteiger partial charge in [-0.25, -0.2) is 4.79 Å². The molecule has 5 nitrogen and oxygen atoms in total. The highest BCUT2D eigenvalue weighted by molar-refractivity contribution is 6.29. The van der Waals surface area contributed by atoms with E-state index in [4.69, 9.17) is 11.6 Å². The molecule has 0 saturated carbocycles. The van der Waals surface area contributed by atoms with Crippen LogP contribution in [0.15, 0.2) is 15.7 Å². The Balaban J connectivity index is 2.96. The maximum atomic E-state index is 11.6. The van der Waals surface area contributed by atoms with Crippen LogP contribution in [-0.2, 0) is 0 Å². The Hall–Kier alpha value is -1.07. The molecule has 0 fully saturated rings. The van der Waals surface area contributed by atoms with E-state index in [1.807, 2.05) is 25.9 Å². The summed E-state index contributed by atoms with van der Waals surface area (Å²) in [7, 11) is 3.89. The van der Waals surface area contributed by atoms with Crippen molar-refractivity contribution in [2.45, 2.75) is 19.4 Å². The van der Waals surface area contributed by atoms with Crippen molar-refractivity contribution in [1.29, 1.82) is 0 Å². The first-order chi connectivity index (χ1) is 7.41. The zero-order valence-corrected chi connectivity index (χ0v) is 10.4. The van der Waals surface area contributed by atoms with E-state index in [1.165, 1.54) is 10.6 Å². The van der Waals surface area contributed by atoms with Gasteiger partial charge in [0.2, 0.25) is 0 Å². The highest BCUT2D eigenvalue weighted by atomic mass is 35.5. The van der Waals surface area contributed by atoms with E-state index >= 15 is 0 Å². The number of halogens is 1. The molecule has 1 aromatic rings. The molecule has 0 radical (unpaired) electrons. The molecule has 0 bridgehead atoms. The molecule has 1 N–H and O–H groups in total. The van der Waals surface area contributed by atoms with Crippen LogP contribution in [0.25, 0.3) is 0 Å². The number of hydrogen-bond donors (Lipinski definition) is 1. The van der Waals surface area contributed by atoms with Gasteiger partial charge in [0.1, 0.15) is 5.15 Å². The summed E-state index contributed by atoms with van der Waals surface area (Å²) in [6.07, 6.45) is 0.734. The van der Waals surface area contributed by atoms with Gasteiger partial charge < -0.3 is 4.90 Å². The SMILES string of the molecule is CC(CCN(C)C)n1c(=O)cc(Cl)[nH]c1=O. The first-order valence-corrected chi connectivity index (χ1v) is 5.45. The highest BCUT2D eigenvalue weighted by Gasteiger charge is 2.11. The van der Waals surface area contributed by atoms with E-state index in [-0.39, 0.29) is 16.8 Å². The molecule has 1 unspecified atom stereocenters. The molecule has 90 valence electrons. The van der Waals surface area contributed by atoms with Crippen molar-refractivity contribution < 1.29 is 0 Å². The summed E-state index contributed by atoms with van der Waals surface area (Å²) < 4.78 is 1.19. The number of hydrogen-bond acceptors (Lipinski definition) is 3. The predicted molar refractivity (Wildman–Crippen MR) is 64.2 cm³/mol. The molecule has 1 aromatic heterocycles. The molecule has 0 aliphatic carbocycles. The van der Waals surface area contributed by atoms with Gasteiger partial charge in [0.15, 0.2) is 0 Å². The van der Waals surface area contributed by atoms with E-state index in [1.54, 1.807) is 0 Å². The second-order valence-electron chi connectivity index (χ2n) is 4.07. The van der Waals surface area contributed by atoms with Crippen LogP contribution in [0.5, 0.6) is 0 Å². The average molecular weight is 246 g/mol. The zero-order valence-electron chi connectivity index (χ0n) is 9.66. The fraction of sp³-hybridized carbons (Fsp3) is 0.600. The summed E-state index contributed by atoms with van der Waals surface area (Å²) in [5.41, 5.74) is -0.816. The van der Waals surface area contributed by atoms with Crippen molar-refractivity contribution in [2.75, 3.05) is 20.6 Å². The third-order valence-electron chi connectivity index (χ3n) is 2.37. The van der Waals surface area contributed by atoms with Gasteiger partial charge in [-0.1, -0.05) is 11.6 Å². The zero-order chi connectivity index (χ0) is 12.3. The first-order valence-electron chi connectivity index (χ1n) is 5.08. The minimum absolute atomic E-state index is 0.0751. The monoisotopic (exact) mass is 245 g/mol. The third kappa shape index (κ3) is 3.21. The Bertz CT molecular complexity index is 433. The highest BCUT2D eigenvalue weighted by Crippen LogP contribution is 2.05. The van der Waals surface area contributed by atoms with Crippen LogP contribution in [0.4, 0.5) is 0 Å². The topological polar surface area (TPSA) is 58.1 Å².